The predicted molar refractivity (Wildman–Crippen MR) is 155 cm³/mol. The number of allylic oxidation sites excluding steroid dienone is 1. The molecule has 0 aromatic carbocycles. The van der Waals surface area contributed by atoms with Crippen LogP contribution in [0, 0.1) is 34.5 Å². The van der Waals surface area contributed by atoms with Crippen molar-refractivity contribution in [2.45, 2.75) is 78.2 Å². The summed E-state index contributed by atoms with van der Waals surface area (Å²) in [6.07, 6.45) is 10.5. The van der Waals surface area contributed by atoms with Gasteiger partial charge < -0.3 is 24.9 Å². The fraction of sp³-hybridized carbons (Fsp3) is 0.871. The van der Waals surface area contributed by atoms with Crippen molar-refractivity contribution in [1.82, 2.24) is 10.2 Å². The third-order valence-electron chi connectivity index (χ3n) is 11.0. The average Bonchev–Trinajstić information content (AvgIpc) is 3.23. The van der Waals surface area contributed by atoms with E-state index in [1.165, 1.54) is 36.2 Å². The molecule has 4 rings (SSSR count). The highest BCUT2D eigenvalue weighted by atomic mass is 16.7. The van der Waals surface area contributed by atoms with Crippen molar-refractivity contribution in [2.75, 3.05) is 60.5 Å². The Bertz CT molecular complexity index is 930. The number of amides is 1. The van der Waals surface area contributed by atoms with Crippen LogP contribution in [0.15, 0.2) is 16.8 Å². The molecule has 0 aliphatic heterocycles. The summed E-state index contributed by atoms with van der Waals surface area (Å²) in [5, 5.41) is 27.5. The van der Waals surface area contributed by atoms with Crippen LogP contribution in [0.1, 0.15) is 72.1 Å². The van der Waals surface area contributed by atoms with Gasteiger partial charge in [0.25, 0.3) is 0 Å². The van der Waals surface area contributed by atoms with Crippen LogP contribution in [0.2, 0.25) is 0 Å². The van der Waals surface area contributed by atoms with Crippen molar-refractivity contribution >= 4 is 11.8 Å². The summed E-state index contributed by atoms with van der Waals surface area (Å²) < 4.78 is 0.882. The summed E-state index contributed by atoms with van der Waals surface area (Å²) in [5.41, 5.74) is 2.88. The Kier molecular flexibility index (Phi) is 9.51. The molecular formula is C31H55N4O4+. The Morgan fingerprint density at radius 2 is 1.87 bits per heavy atom. The number of hydrogen-bond donors (Lipinski definition) is 3. The largest absolute Gasteiger partial charge is 0.436 e. The minimum absolute atomic E-state index is 0.101. The highest BCUT2D eigenvalue weighted by Crippen LogP contribution is 2.66. The molecule has 4 aliphatic rings. The zero-order valence-corrected chi connectivity index (χ0v) is 25.4. The zero-order chi connectivity index (χ0) is 28.4. The first-order valence-corrected chi connectivity index (χ1v) is 15.4. The van der Waals surface area contributed by atoms with Crippen molar-refractivity contribution in [1.29, 1.82) is 0 Å². The molecule has 8 nitrogen and oxygen atoms in total. The van der Waals surface area contributed by atoms with Gasteiger partial charge in [0.1, 0.15) is 0 Å². The first-order chi connectivity index (χ1) is 18.4. The molecule has 0 radical (unpaired) electrons. The van der Waals surface area contributed by atoms with Gasteiger partial charge in [0.05, 0.1) is 46.1 Å². The summed E-state index contributed by atoms with van der Waals surface area (Å²) in [4.78, 5) is 19.9. The Morgan fingerprint density at radius 3 is 2.59 bits per heavy atom. The van der Waals surface area contributed by atoms with Crippen LogP contribution in [-0.4, -0.2) is 98.0 Å². The molecule has 0 aromatic heterocycles. The molecule has 4 aliphatic carbocycles. The van der Waals surface area contributed by atoms with Gasteiger partial charge in [0.15, 0.2) is 0 Å². The van der Waals surface area contributed by atoms with E-state index in [4.69, 9.17) is 4.84 Å². The molecule has 3 fully saturated rings. The average molecular weight is 548 g/mol. The van der Waals surface area contributed by atoms with Gasteiger partial charge in [0, 0.05) is 32.1 Å². The van der Waals surface area contributed by atoms with Gasteiger partial charge in [-0.15, -0.1) is 0 Å². The lowest BCUT2D eigenvalue weighted by molar-refractivity contribution is -0.869. The molecule has 0 heterocycles. The number of nitrogens with one attached hydrogen (secondary N) is 1. The Labute approximate surface area is 236 Å². The standard InChI is InChI=1S/C31H55N4O4/c1-22(33-39-29(38)34(18-20-36)17-15-32-16-19-35(4,5)6)26-9-10-27-25-8-7-23-21-24(37)11-13-30(23,2)28(25)12-14-31(26,27)3/h21,24-28,32,36-37H,7-20H2,1-6H3/q+1/b33-22+/t24-,25-,26+,27-,28-,30-,31+/m0/s1. The highest BCUT2D eigenvalue weighted by Gasteiger charge is 2.59. The number of nitrogens with zero attached hydrogens (tertiary/aromatic N) is 3. The number of rotatable bonds is 10. The molecule has 39 heavy (non-hydrogen) atoms. The lowest BCUT2D eigenvalue weighted by Crippen LogP contribution is -2.51. The SMILES string of the molecule is C/C(=N\OC(=O)N(CCO)CCNCC[N+](C)(C)C)[C@H]1CC[C@H]2[C@@H]3CCC4=C[C@@H](O)CC[C@]4(C)[C@H]3CC[C@]12C. The zero-order valence-electron chi connectivity index (χ0n) is 25.4. The lowest BCUT2D eigenvalue weighted by atomic mass is 9.46. The molecule has 3 saturated carbocycles. The van der Waals surface area contributed by atoms with E-state index in [9.17, 15) is 15.0 Å². The van der Waals surface area contributed by atoms with Gasteiger partial charge in [-0.3, -0.25) is 4.84 Å². The molecule has 0 aromatic rings. The Balaban J connectivity index is 1.35. The maximum Gasteiger partial charge on any atom is 0.436 e. The van der Waals surface area contributed by atoms with E-state index in [1.807, 2.05) is 6.92 Å². The predicted octanol–water partition coefficient (Wildman–Crippen LogP) is 4.03. The molecule has 0 spiro atoms. The van der Waals surface area contributed by atoms with Gasteiger partial charge in [-0.25, -0.2) is 4.79 Å². The van der Waals surface area contributed by atoms with Gasteiger partial charge >= 0.3 is 6.09 Å². The van der Waals surface area contributed by atoms with Crippen LogP contribution < -0.4 is 5.32 Å². The maximum absolute atomic E-state index is 12.8. The second-order valence-corrected chi connectivity index (χ2v) is 14.4. The Hall–Kier alpha value is -1.48. The quantitative estimate of drug-likeness (QED) is 0.0959. The van der Waals surface area contributed by atoms with Crippen LogP contribution in [0.3, 0.4) is 0 Å². The van der Waals surface area contributed by atoms with Crippen molar-refractivity contribution in [3.8, 4) is 0 Å². The molecule has 0 bridgehead atoms. The van der Waals surface area contributed by atoms with Crippen LogP contribution in [0.5, 0.6) is 0 Å². The maximum atomic E-state index is 12.8. The number of aliphatic hydroxyl groups is 2. The minimum atomic E-state index is -0.487. The monoisotopic (exact) mass is 547 g/mol. The van der Waals surface area contributed by atoms with Gasteiger partial charge in [-0.05, 0) is 86.9 Å². The number of fused-ring (bicyclic) bond motifs is 5. The van der Waals surface area contributed by atoms with E-state index in [0.29, 0.717) is 30.8 Å². The second-order valence-electron chi connectivity index (χ2n) is 14.4. The summed E-state index contributed by atoms with van der Waals surface area (Å²) in [5.74, 6) is 2.44. The molecule has 222 valence electrons. The summed E-state index contributed by atoms with van der Waals surface area (Å²) >= 11 is 0. The first kappa shape index (κ1) is 30.5. The Morgan fingerprint density at radius 1 is 1.10 bits per heavy atom. The smallest absolute Gasteiger partial charge is 0.395 e. The van der Waals surface area contributed by atoms with Crippen molar-refractivity contribution in [3.05, 3.63) is 11.6 Å². The number of carbonyl (C=O) groups excluding carboxylic acids is 1. The topological polar surface area (TPSA) is 94.4 Å². The van der Waals surface area contributed by atoms with Gasteiger partial charge in [-0.2, -0.15) is 0 Å². The molecule has 7 atom stereocenters. The molecule has 8 heteroatoms. The fourth-order valence-electron chi connectivity index (χ4n) is 8.80. The molecule has 1 amide bonds. The minimum Gasteiger partial charge on any atom is -0.395 e. The first-order valence-electron chi connectivity index (χ1n) is 15.4. The van der Waals surface area contributed by atoms with Crippen LogP contribution in [0.4, 0.5) is 4.79 Å². The molecule has 3 N–H and O–H groups in total. The molecule has 0 saturated heterocycles. The lowest BCUT2D eigenvalue weighted by Gasteiger charge is -2.58. The van der Waals surface area contributed by atoms with Crippen LogP contribution in [0.25, 0.3) is 0 Å². The number of oxime groups is 1. The van der Waals surface area contributed by atoms with E-state index in [1.54, 1.807) is 0 Å². The van der Waals surface area contributed by atoms with E-state index >= 15 is 0 Å². The van der Waals surface area contributed by atoms with E-state index in [-0.39, 0.29) is 30.1 Å². The summed E-state index contributed by atoms with van der Waals surface area (Å²) in [6.45, 7) is 10.1. The van der Waals surface area contributed by atoms with E-state index < -0.39 is 6.09 Å². The number of likely N-dealkylation sites (N-methyl/N-ethyl adjacent to an activating group) is 1. The number of carbonyl (C=O) groups is 1. The van der Waals surface area contributed by atoms with Gasteiger partial charge in [-0.1, -0.05) is 30.7 Å². The second kappa shape index (κ2) is 12.2. The van der Waals surface area contributed by atoms with E-state index in [2.05, 4.69) is 51.5 Å². The fourth-order valence-corrected chi connectivity index (χ4v) is 8.80. The van der Waals surface area contributed by atoms with Crippen molar-refractivity contribution in [3.63, 3.8) is 0 Å². The third-order valence-corrected chi connectivity index (χ3v) is 11.0. The van der Waals surface area contributed by atoms with Crippen molar-refractivity contribution < 1.29 is 24.3 Å². The molecule has 0 unspecified atom stereocenters. The van der Waals surface area contributed by atoms with Crippen LogP contribution in [-0.2, 0) is 4.84 Å². The molecular weight excluding hydrogens is 492 g/mol. The van der Waals surface area contributed by atoms with Crippen molar-refractivity contribution in [2.24, 2.45) is 39.7 Å². The summed E-state index contributed by atoms with van der Waals surface area (Å²) in [7, 11) is 6.46. The number of quaternary nitrogens is 1. The number of aliphatic hydroxyl groups excluding tert-OH is 2. The highest BCUT2D eigenvalue weighted by molar-refractivity contribution is 5.85. The van der Waals surface area contributed by atoms with E-state index in [0.717, 1.165) is 54.9 Å². The van der Waals surface area contributed by atoms with Crippen LogP contribution >= 0.6 is 0 Å². The summed E-state index contributed by atoms with van der Waals surface area (Å²) in [6, 6.07) is 0. The third kappa shape index (κ3) is 6.55. The normalized spacial score (nSPS) is 36.5. The number of hydrogen-bond acceptors (Lipinski definition) is 6. The van der Waals surface area contributed by atoms with Gasteiger partial charge in [0.2, 0.25) is 0 Å².